The molecule has 1 unspecified atom stereocenters. The molecule has 0 amide bonds. The van der Waals surface area contributed by atoms with Crippen LogP contribution in [0.5, 0.6) is 5.75 Å². The minimum absolute atomic E-state index is 0.251. The molecule has 2 nitrogen and oxygen atoms in total. The summed E-state index contributed by atoms with van der Waals surface area (Å²) in [7, 11) is 0. The van der Waals surface area contributed by atoms with Crippen molar-refractivity contribution in [2.45, 2.75) is 31.6 Å². The van der Waals surface area contributed by atoms with Crippen molar-refractivity contribution >= 4 is 22.5 Å². The molecule has 21 heavy (non-hydrogen) atoms. The highest BCUT2D eigenvalue weighted by atomic mass is 32.2. The van der Waals surface area contributed by atoms with Gasteiger partial charge in [-0.25, -0.2) is 0 Å². The first-order valence-electron chi connectivity index (χ1n) is 7.51. The third-order valence-corrected chi connectivity index (χ3v) is 5.23. The van der Waals surface area contributed by atoms with Crippen LogP contribution in [0.2, 0.25) is 0 Å². The number of nitrogens with zero attached hydrogens (tertiary/aromatic N) is 1. The van der Waals surface area contributed by atoms with Crippen LogP contribution in [0, 0.1) is 0 Å². The van der Waals surface area contributed by atoms with Gasteiger partial charge in [0.1, 0.15) is 12.4 Å². The number of hydrogen-bond acceptors (Lipinski definition) is 3. The van der Waals surface area contributed by atoms with Gasteiger partial charge in [-0.3, -0.25) is 4.90 Å². The van der Waals surface area contributed by atoms with Crippen molar-refractivity contribution in [3.63, 3.8) is 0 Å². The zero-order chi connectivity index (χ0) is 14.9. The highest BCUT2D eigenvalue weighted by Crippen LogP contribution is 2.30. The van der Waals surface area contributed by atoms with Crippen LogP contribution in [0.15, 0.2) is 42.5 Å². The average molecular weight is 301 g/mol. The lowest BCUT2D eigenvalue weighted by Crippen LogP contribution is -2.40. The Balaban J connectivity index is 1.65. The topological polar surface area (TPSA) is 12.5 Å². The lowest BCUT2D eigenvalue weighted by atomic mass is 10.1. The van der Waals surface area contributed by atoms with Crippen molar-refractivity contribution in [3.05, 3.63) is 42.5 Å². The Morgan fingerprint density at radius 3 is 2.67 bits per heavy atom. The van der Waals surface area contributed by atoms with Crippen LogP contribution in [0.4, 0.5) is 0 Å². The molecule has 1 fully saturated rings. The van der Waals surface area contributed by atoms with Gasteiger partial charge >= 0.3 is 0 Å². The van der Waals surface area contributed by atoms with Crippen molar-refractivity contribution in [2.75, 3.05) is 19.0 Å². The van der Waals surface area contributed by atoms with E-state index in [1.807, 2.05) is 11.8 Å². The molecule has 0 saturated carbocycles. The highest BCUT2D eigenvalue weighted by molar-refractivity contribution is 8.00. The van der Waals surface area contributed by atoms with Crippen molar-refractivity contribution < 1.29 is 4.74 Å². The molecule has 0 radical (unpaired) electrons. The van der Waals surface area contributed by atoms with Gasteiger partial charge in [0, 0.05) is 23.3 Å². The molecule has 1 heterocycles. The Morgan fingerprint density at radius 2 is 1.90 bits per heavy atom. The summed E-state index contributed by atoms with van der Waals surface area (Å²) in [5, 5.41) is 3.00. The fraction of sp³-hybridized carbons (Fsp3) is 0.444. The molecule has 112 valence electrons. The summed E-state index contributed by atoms with van der Waals surface area (Å²) in [4.78, 5) is 2.52. The minimum Gasteiger partial charge on any atom is -0.492 e. The van der Waals surface area contributed by atoms with Crippen LogP contribution in [-0.2, 0) is 0 Å². The summed E-state index contributed by atoms with van der Waals surface area (Å²) in [5.41, 5.74) is 0.251. The van der Waals surface area contributed by atoms with Gasteiger partial charge in [-0.05, 0) is 32.2 Å². The number of rotatable bonds is 3. The molecule has 0 N–H and O–H groups in total. The summed E-state index contributed by atoms with van der Waals surface area (Å²) < 4.78 is 6.12. The second-order valence-corrected chi connectivity index (χ2v) is 7.86. The summed E-state index contributed by atoms with van der Waals surface area (Å²) in [6.07, 6.45) is 0. The van der Waals surface area contributed by atoms with Crippen molar-refractivity contribution in [3.8, 4) is 5.75 Å². The van der Waals surface area contributed by atoms with E-state index >= 15 is 0 Å². The molecule has 2 aromatic rings. The Hall–Kier alpha value is -1.19. The minimum atomic E-state index is 0.251. The number of fused-ring (bicyclic) bond motifs is 1. The Morgan fingerprint density at radius 1 is 1.14 bits per heavy atom. The lowest BCUT2D eigenvalue weighted by Gasteiger charge is -2.30. The first-order chi connectivity index (χ1) is 10.0. The van der Waals surface area contributed by atoms with E-state index in [2.05, 4.69) is 68.1 Å². The van der Waals surface area contributed by atoms with Gasteiger partial charge in [0.25, 0.3) is 0 Å². The number of thioether (sulfide) groups is 1. The van der Waals surface area contributed by atoms with Crippen LogP contribution in [0.3, 0.4) is 0 Å². The van der Waals surface area contributed by atoms with E-state index in [0.29, 0.717) is 5.25 Å². The summed E-state index contributed by atoms with van der Waals surface area (Å²) in [6.45, 7) is 8.73. The number of ether oxygens (including phenoxy) is 1. The van der Waals surface area contributed by atoms with Crippen LogP contribution in [0.1, 0.15) is 20.8 Å². The van der Waals surface area contributed by atoms with Gasteiger partial charge in [-0.1, -0.05) is 36.4 Å². The molecule has 0 aromatic heterocycles. The first kappa shape index (κ1) is 14.7. The Kier molecular flexibility index (Phi) is 4.14. The van der Waals surface area contributed by atoms with Gasteiger partial charge in [0.2, 0.25) is 0 Å². The van der Waals surface area contributed by atoms with E-state index < -0.39 is 0 Å². The molecule has 0 aliphatic carbocycles. The van der Waals surface area contributed by atoms with Gasteiger partial charge in [0.15, 0.2) is 0 Å². The van der Waals surface area contributed by atoms with Gasteiger partial charge < -0.3 is 4.74 Å². The van der Waals surface area contributed by atoms with Crippen LogP contribution < -0.4 is 4.74 Å². The molecule has 1 saturated heterocycles. The second kappa shape index (κ2) is 5.90. The van der Waals surface area contributed by atoms with E-state index in [-0.39, 0.29) is 5.54 Å². The van der Waals surface area contributed by atoms with Crippen LogP contribution in [-0.4, -0.2) is 34.7 Å². The maximum absolute atomic E-state index is 6.12. The largest absolute Gasteiger partial charge is 0.492 e. The van der Waals surface area contributed by atoms with Crippen LogP contribution >= 0.6 is 11.8 Å². The zero-order valence-electron chi connectivity index (χ0n) is 13.0. The van der Waals surface area contributed by atoms with Gasteiger partial charge in [0.05, 0.1) is 5.25 Å². The van der Waals surface area contributed by atoms with Gasteiger partial charge in [-0.15, -0.1) is 11.8 Å². The molecule has 0 bridgehead atoms. The predicted molar refractivity (Wildman–Crippen MR) is 92.1 cm³/mol. The van der Waals surface area contributed by atoms with E-state index in [0.717, 1.165) is 24.8 Å². The third kappa shape index (κ3) is 3.35. The maximum Gasteiger partial charge on any atom is 0.127 e. The van der Waals surface area contributed by atoms with E-state index in [4.69, 9.17) is 4.74 Å². The Labute approximate surface area is 131 Å². The highest BCUT2D eigenvalue weighted by Gasteiger charge is 2.31. The number of benzene rings is 2. The van der Waals surface area contributed by atoms with E-state index in [1.54, 1.807) is 0 Å². The molecular formula is C18H23NOS. The first-order valence-corrected chi connectivity index (χ1v) is 8.56. The molecule has 0 spiro atoms. The second-order valence-electron chi connectivity index (χ2n) is 6.60. The van der Waals surface area contributed by atoms with Crippen molar-refractivity contribution in [1.82, 2.24) is 4.90 Å². The summed E-state index contributed by atoms with van der Waals surface area (Å²) >= 11 is 2.00. The number of hydrogen-bond donors (Lipinski definition) is 0. The van der Waals surface area contributed by atoms with Crippen LogP contribution in [0.25, 0.3) is 10.8 Å². The smallest absolute Gasteiger partial charge is 0.127 e. The fourth-order valence-corrected chi connectivity index (χ4v) is 3.95. The van der Waals surface area contributed by atoms with E-state index in [9.17, 15) is 0 Å². The fourth-order valence-electron chi connectivity index (χ4n) is 2.62. The average Bonchev–Trinajstić information content (AvgIpc) is 2.94. The molecule has 3 heteroatoms. The molecule has 1 aliphatic rings. The van der Waals surface area contributed by atoms with Crippen molar-refractivity contribution in [1.29, 1.82) is 0 Å². The predicted octanol–water partition coefficient (Wildman–Crippen LogP) is 4.39. The summed E-state index contributed by atoms with van der Waals surface area (Å²) in [5.74, 6) is 2.11. The van der Waals surface area contributed by atoms with E-state index in [1.165, 1.54) is 10.8 Å². The standard InChI is InChI=1S/C18H23NOS/c1-18(2,3)19-11-15(21-13-19)12-20-17-10-6-8-14-7-4-5-9-16(14)17/h4-10,15H,11-13H2,1-3H3. The van der Waals surface area contributed by atoms with Crippen molar-refractivity contribution in [2.24, 2.45) is 0 Å². The van der Waals surface area contributed by atoms with Gasteiger partial charge in [-0.2, -0.15) is 0 Å². The molecule has 1 atom stereocenters. The Bertz CT molecular complexity index is 615. The normalized spacial score (nSPS) is 20.0. The quantitative estimate of drug-likeness (QED) is 0.834. The zero-order valence-corrected chi connectivity index (χ0v) is 13.8. The SMILES string of the molecule is CC(C)(C)N1CSC(COc2cccc3ccccc23)C1. The third-order valence-electron chi connectivity index (χ3n) is 4.01. The molecular weight excluding hydrogens is 278 g/mol. The molecule has 1 aliphatic heterocycles. The monoisotopic (exact) mass is 301 g/mol. The lowest BCUT2D eigenvalue weighted by molar-refractivity contribution is 0.170. The molecule has 3 rings (SSSR count). The maximum atomic E-state index is 6.12. The molecule has 2 aromatic carbocycles. The summed E-state index contributed by atoms with van der Waals surface area (Å²) in [6, 6.07) is 14.7.